The van der Waals surface area contributed by atoms with Crippen LogP contribution >= 0.6 is 0 Å². The highest BCUT2D eigenvalue weighted by Gasteiger charge is 2.27. The number of aryl methyl sites for hydroxylation is 1. The fourth-order valence-corrected chi connectivity index (χ4v) is 3.64. The van der Waals surface area contributed by atoms with E-state index in [0.29, 0.717) is 24.3 Å². The molecule has 6 nitrogen and oxygen atoms in total. The van der Waals surface area contributed by atoms with Crippen molar-refractivity contribution in [3.63, 3.8) is 0 Å². The summed E-state index contributed by atoms with van der Waals surface area (Å²) in [6.45, 7) is 2.35. The number of carbonyl (C=O) groups excluding carboxylic acids is 1. The van der Waals surface area contributed by atoms with E-state index in [1.807, 2.05) is 13.0 Å². The first-order valence-corrected chi connectivity index (χ1v) is 9.84. The summed E-state index contributed by atoms with van der Waals surface area (Å²) >= 11 is 0. The van der Waals surface area contributed by atoms with Crippen LogP contribution in [-0.2, 0) is 17.6 Å². The van der Waals surface area contributed by atoms with Crippen LogP contribution < -0.4 is 5.32 Å². The molecule has 2 aromatic rings. The standard InChI is InChI=1S/C21H26FN3O3/c1-14-10-11-18(16(22)13-14)25-17-8-6-7-15(17)20(24-25)21(28)23-12-5-3-2-4-9-19(26)27/h10-11,13H,2-9,12H2,1H3,(H,23,28)(H,26,27). The quantitative estimate of drug-likeness (QED) is 0.644. The molecule has 28 heavy (non-hydrogen) atoms. The summed E-state index contributed by atoms with van der Waals surface area (Å²) in [4.78, 5) is 23.1. The second-order valence-electron chi connectivity index (χ2n) is 7.31. The maximum atomic E-state index is 14.4. The van der Waals surface area contributed by atoms with Gasteiger partial charge in [-0.25, -0.2) is 9.07 Å². The summed E-state index contributed by atoms with van der Waals surface area (Å²) in [7, 11) is 0. The van der Waals surface area contributed by atoms with Gasteiger partial charge in [0.25, 0.3) is 5.91 Å². The highest BCUT2D eigenvalue weighted by atomic mass is 19.1. The second-order valence-corrected chi connectivity index (χ2v) is 7.31. The molecule has 0 unspecified atom stereocenters. The van der Waals surface area contributed by atoms with Gasteiger partial charge in [-0.3, -0.25) is 9.59 Å². The van der Waals surface area contributed by atoms with Gasteiger partial charge in [0.05, 0.1) is 0 Å². The monoisotopic (exact) mass is 387 g/mol. The summed E-state index contributed by atoms with van der Waals surface area (Å²) < 4.78 is 16.0. The highest BCUT2D eigenvalue weighted by Crippen LogP contribution is 2.29. The number of aromatic nitrogens is 2. The van der Waals surface area contributed by atoms with E-state index in [0.717, 1.165) is 55.3 Å². The molecule has 0 saturated heterocycles. The Labute approximate surface area is 163 Å². The maximum Gasteiger partial charge on any atom is 0.303 e. The van der Waals surface area contributed by atoms with Gasteiger partial charge in [-0.2, -0.15) is 5.10 Å². The molecule has 0 atom stereocenters. The van der Waals surface area contributed by atoms with Crippen molar-refractivity contribution in [1.29, 1.82) is 0 Å². The van der Waals surface area contributed by atoms with Gasteiger partial charge < -0.3 is 10.4 Å². The van der Waals surface area contributed by atoms with Gasteiger partial charge in [-0.1, -0.05) is 18.9 Å². The van der Waals surface area contributed by atoms with Gasteiger partial charge in [0.15, 0.2) is 5.69 Å². The molecule has 1 aromatic heterocycles. The van der Waals surface area contributed by atoms with Crippen LogP contribution in [0.2, 0.25) is 0 Å². The number of hydrogen-bond acceptors (Lipinski definition) is 3. The number of hydrogen-bond donors (Lipinski definition) is 2. The molecule has 0 radical (unpaired) electrons. The van der Waals surface area contributed by atoms with E-state index >= 15 is 0 Å². The van der Waals surface area contributed by atoms with Crippen LogP contribution in [0.1, 0.15) is 65.8 Å². The predicted octanol–water partition coefficient (Wildman–Crippen LogP) is 3.57. The van der Waals surface area contributed by atoms with Crippen LogP contribution in [0.15, 0.2) is 18.2 Å². The Bertz CT molecular complexity index is 876. The molecule has 1 amide bonds. The van der Waals surface area contributed by atoms with Crippen LogP contribution in [-0.4, -0.2) is 33.3 Å². The molecular weight excluding hydrogens is 361 g/mol. The zero-order chi connectivity index (χ0) is 20.1. The number of unbranched alkanes of at least 4 members (excludes halogenated alkanes) is 3. The van der Waals surface area contributed by atoms with Crippen LogP contribution in [0, 0.1) is 12.7 Å². The van der Waals surface area contributed by atoms with Gasteiger partial charge in [0.1, 0.15) is 11.5 Å². The number of carbonyl (C=O) groups is 2. The third kappa shape index (κ3) is 4.58. The van der Waals surface area contributed by atoms with Crippen molar-refractivity contribution >= 4 is 11.9 Å². The molecule has 3 rings (SSSR count). The Morgan fingerprint density at radius 2 is 2.00 bits per heavy atom. The number of halogens is 1. The summed E-state index contributed by atoms with van der Waals surface area (Å²) in [5, 5.41) is 15.9. The minimum Gasteiger partial charge on any atom is -0.481 e. The molecule has 2 N–H and O–H groups in total. The first-order valence-electron chi connectivity index (χ1n) is 9.84. The number of nitrogens with one attached hydrogen (secondary N) is 1. The molecule has 7 heteroatoms. The topological polar surface area (TPSA) is 84.2 Å². The van der Waals surface area contributed by atoms with Crippen LogP contribution in [0.3, 0.4) is 0 Å². The van der Waals surface area contributed by atoms with Crippen molar-refractivity contribution in [3.8, 4) is 5.69 Å². The molecule has 0 spiro atoms. The lowest BCUT2D eigenvalue weighted by molar-refractivity contribution is -0.137. The number of amides is 1. The Kier molecular flexibility index (Phi) is 6.44. The number of benzene rings is 1. The van der Waals surface area contributed by atoms with Crippen LogP contribution in [0.5, 0.6) is 0 Å². The minimum absolute atomic E-state index is 0.186. The van der Waals surface area contributed by atoms with Crippen LogP contribution in [0.25, 0.3) is 5.69 Å². The van der Waals surface area contributed by atoms with E-state index in [9.17, 15) is 14.0 Å². The average Bonchev–Trinajstić information content (AvgIpc) is 3.23. The lowest BCUT2D eigenvalue weighted by Gasteiger charge is -2.07. The number of carboxylic acid groups (broad SMARTS) is 1. The van der Waals surface area contributed by atoms with Gasteiger partial charge in [0, 0.05) is 24.2 Å². The molecular formula is C21H26FN3O3. The van der Waals surface area contributed by atoms with E-state index < -0.39 is 5.97 Å². The van der Waals surface area contributed by atoms with E-state index in [1.165, 1.54) is 6.07 Å². The van der Waals surface area contributed by atoms with E-state index in [1.54, 1.807) is 10.7 Å². The Morgan fingerprint density at radius 3 is 2.75 bits per heavy atom. The number of carboxylic acids is 1. The van der Waals surface area contributed by atoms with E-state index in [-0.39, 0.29) is 18.1 Å². The lowest BCUT2D eigenvalue weighted by Crippen LogP contribution is -2.26. The molecule has 0 saturated carbocycles. The third-order valence-electron chi connectivity index (χ3n) is 5.08. The van der Waals surface area contributed by atoms with Crippen molar-refractivity contribution in [1.82, 2.24) is 15.1 Å². The number of rotatable bonds is 9. The average molecular weight is 387 g/mol. The zero-order valence-corrected chi connectivity index (χ0v) is 16.1. The number of nitrogens with zero attached hydrogens (tertiary/aromatic N) is 2. The first-order chi connectivity index (χ1) is 13.5. The molecule has 0 fully saturated rings. The van der Waals surface area contributed by atoms with Crippen molar-refractivity contribution in [2.24, 2.45) is 0 Å². The predicted molar refractivity (Wildman–Crippen MR) is 103 cm³/mol. The minimum atomic E-state index is -0.775. The Hall–Kier alpha value is -2.70. The molecule has 0 bridgehead atoms. The summed E-state index contributed by atoms with van der Waals surface area (Å²) in [5.74, 6) is -1.34. The van der Waals surface area contributed by atoms with Crippen molar-refractivity contribution in [2.45, 2.75) is 58.3 Å². The van der Waals surface area contributed by atoms with Crippen molar-refractivity contribution in [3.05, 3.63) is 46.5 Å². The van der Waals surface area contributed by atoms with Crippen molar-refractivity contribution < 1.29 is 19.1 Å². The van der Waals surface area contributed by atoms with Crippen molar-refractivity contribution in [2.75, 3.05) is 6.54 Å². The number of aliphatic carboxylic acids is 1. The van der Waals surface area contributed by atoms with E-state index in [4.69, 9.17) is 5.11 Å². The van der Waals surface area contributed by atoms with Gasteiger partial charge >= 0.3 is 5.97 Å². The largest absolute Gasteiger partial charge is 0.481 e. The van der Waals surface area contributed by atoms with E-state index in [2.05, 4.69) is 10.4 Å². The number of fused-ring (bicyclic) bond motifs is 1. The lowest BCUT2D eigenvalue weighted by atomic mass is 10.1. The third-order valence-corrected chi connectivity index (χ3v) is 5.08. The van der Waals surface area contributed by atoms with Gasteiger partial charge in [-0.15, -0.1) is 0 Å². The molecule has 1 heterocycles. The normalized spacial score (nSPS) is 12.8. The summed E-state index contributed by atoms with van der Waals surface area (Å²) in [6.07, 6.45) is 5.83. The SMILES string of the molecule is Cc1ccc(-n2nc(C(=O)NCCCCCCC(=O)O)c3c2CCC3)c(F)c1. The smallest absolute Gasteiger partial charge is 0.303 e. The van der Waals surface area contributed by atoms with Gasteiger partial charge in [-0.05, 0) is 56.7 Å². The fourth-order valence-electron chi connectivity index (χ4n) is 3.64. The summed E-state index contributed by atoms with van der Waals surface area (Å²) in [5.41, 5.74) is 3.44. The molecule has 150 valence electrons. The Morgan fingerprint density at radius 1 is 1.21 bits per heavy atom. The van der Waals surface area contributed by atoms with Crippen LogP contribution in [0.4, 0.5) is 4.39 Å². The fraction of sp³-hybridized carbons (Fsp3) is 0.476. The summed E-state index contributed by atoms with van der Waals surface area (Å²) in [6, 6.07) is 5.02. The molecule has 1 aliphatic carbocycles. The maximum absolute atomic E-state index is 14.4. The highest BCUT2D eigenvalue weighted by molar-refractivity contribution is 5.94. The molecule has 0 aliphatic heterocycles. The molecule has 1 aromatic carbocycles. The molecule has 1 aliphatic rings. The Balaban J connectivity index is 1.63. The first kappa shape index (κ1) is 20.0. The van der Waals surface area contributed by atoms with Gasteiger partial charge in [0.2, 0.25) is 0 Å². The second kappa shape index (κ2) is 8.99. The zero-order valence-electron chi connectivity index (χ0n) is 16.1.